The quantitative estimate of drug-likeness (QED) is 0.0222. The first-order valence-corrected chi connectivity index (χ1v) is 40.7. The van der Waals surface area contributed by atoms with Crippen molar-refractivity contribution < 1.29 is 80.2 Å². The standard InChI is InChI=1S/C73H142O17P2/c1-63(2)49-41-33-25-17-11-9-13-21-31-39-47-55-72(77)89-68(59-83-70(75)53-45-37-29-20-16-15-19-27-35-43-51-65(5)6)61-87-91(79,80)85-57-67(74)58-86-92(81,82)88-62-69(60-84-71(76)54-46-38-30-24-23-28-36-44-52-66(7)8)90-73(78)56-48-40-32-22-14-10-12-18-26-34-42-50-64(3)4/h63-69,74H,9-62H2,1-8H3,(H,79,80)(H,81,82)/t67?,68-,69-/m1/s1. The number of phosphoric acid groups is 2. The Bertz CT molecular complexity index is 1820. The monoisotopic (exact) mass is 1350 g/mol. The van der Waals surface area contributed by atoms with Gasteiger partial charge in [0.05, 0.1) is 26.4 Å². The molecule has 0 aromatic rings. The normalized spacial score (nSPS) is 14.2. The van der Waals surface area contributed by atoms with Crippen molar-refractivity contribution in [1.29, 1.82) is 0 Å². The van der Waals surface area contributed by atoms with Crippen LogP contribution in [-0.2, 0) is 65.4 Å². The smallest absolute Gasteiger partial charge is 0.462 e. The zero-order valence-electron chi connectivity index (χ0n) is 60.2. The van der Waals surface area contributed by atoms with Gasteiger partial charge >= 0.3 is 39.5 Å². The average Bonchev–Trinajstić information content (AvgIpc) is 1.71. The minimum atomic E-state index is -4.95. The molecule has 0 fully saturated rings. The number of hydrogen-bond donors (Lipinski definition) is 3. The molecule has 0 heterocycles. The minimum absolute atomic E-state index is 0.105. The Hall–Kier alpha value is -1.94. The lowest BCUT2D eigenvalue weighted by Gasteiger charge is -2.21. The van der Waals surface area contributed by atoms with Crippen molar-refractivity contribution in [1.82, 2.24) is 0 Å². The second kappa shape index (κ2) is 62.6. The van der Waals surface area contributed by atoms with Gasteiger partial charge in [-0.1, -0.05) is 312 Å². The third-order valence-corrected chi connectivity index (χ3v) is 18.7. The summed E-state index contributed by atoms with van der Waals surface area (Å²) in [7, 11) is -9.91. The van der Waals surface area contributed by atoms with E-state index in [9.17, 15) is 43.2 Å². The van der Waals surface area contributed by atoms with Crippen LogP contribution < -0.4 is 0 Å². The summed E-state index contributed by atoms with van der Waals surface area (Å²) in [6, 6.07) is 0. The fraction of sp³-hybridized carbons (Fsp3) is 0.945. The molecule has 0 aliphatic rings. The second-order valence-corrected chi connectivity index (χ2v) is 31.1. The van der Waals surface area contributed by atoms with Crippen molar-refractivity contribution in [2.45, 2.75) is 382 Å². The Morgan fingerprint density at radius 2 is 0.457 bits per heavy atom. The summed E-state index contributed by atoms with van der Waals surface area (Å²) in [5.41, 5.74) is 0. The maximum atomic E-state index is 13.0. The van der Waals surface area contributed by atoms with Gasteiger partial charge < -0.3 is 33.8 Å². The molecule has 3 unspecified atom stereocenters. The van der Waals surface area contributed by atoms with E-state index in [0.717, 1.165) is 114 Å². The molecule has 0 saturated heterocycles. The summed E-state index contributed by atoms with van der Waals surface area (Å²) in [6.45, 7) is 14.1. The molecule has 0 aliphatic carbocycles. The van der Waals surface area contributed by atoms with Crippen LogP contribution in [0, 0.1) is 23.7 Å². The molecular weight excluding hydrogens is 1210 g/mol. The molecule has 5 atom stereocenters. The minimum Gasteiger partial charge on any atom is -0.462 e. The lowest BCUT2D eigenvalue weighted by molar-refractivity contribution is -0.161. The summed E-state index contributed by atoms with van der Waals surface area (Å²) >= 11 is 0. The van der Waals surface area contributed by atoms with Crippen LogP contribution in [0.2, 0.25) is 0 Å². The molecule has 0 rings (SSSR count). The van der Waals surface area contributed by atoms with Gasteiger partial charge in [-0.25, -0.2) is 9.13 Å². The number of aliphatic hydroxyl groups is 1. The Morgan fingerprint density at radius 1 is 0.272 bits per heavy atom. The fourth-order valence-corrected chi connectivity index (χ4v) is 12.6. The van der Waals surface area contributed by atoms with Crippen molar-refractivity contribution in [3.63, 3.8) is 0 Å². The van der Waals surface area contributed by atoms with Crippen molar-refractivity contribution >= 4 is 39.5 Å². The second-order valence-electron chi connectivity index (χ2n) is 28.2. The molecule has 3 N–H and O–H groups in total. The number of esters is 4. The molecule has 0 saturated carbocycles. The van der Waals surface area contributed by atoms with Gasteiger partial charge in [0.15, 0.2) is 12.2 Å². The molecule has 546 valence electrons. The molecule has 19 heteroatoms. The molecule has 0 aromatic carbocycles. The van der Waals surface area contributed by atoms with Gasteiger partial charge in [0.1, 0.15) is 19.3 Å². The van der Waals surface area contributed by atoms with E-state index in [0.29, 0.717) is 25.7 Å². The molecule has 0 aliphatic heterocycles. The van der Waals surface area contributed by atoms with Crippen molar-refractivity contribution in [3.8, 4) is 0 Å². The van der Waals surface area contributed by atoms with Crippen LogP contribution >= 0.6 is 15.6 Å². The number of aliphatic hydroxyl groups excluding tert-OH is 1. The number of phosphoric ester groups is 2. The zero-order chi connectivity index (χ0) is 68.2. The zero-order valence-corrected chi connectivity index (χ0v) is 62.0. The molecule has 0 aromatic heterocycles. The van der Waals surface area contributed by atoms with E-state index in [4.69, 9.17) is 37.0 Å². The Labute approximate surface area is 562 Å². The molecule has 0 spiro atoms. The van der Waals surface area contributed by atoms with E-state index in [2.05, 4.69) is 55.4 Å². The van der Waals surface area contributed by atoms with E-state index in [1.807, 2.05) is 0 Å². The number of hydrogen-bond acceptors (Lipinski definition) is 15. The molecule has 0 bridgehead atoms. The van der Waals surface area contributed by atoms with Gasteiger partial charge in [-0.3, -0.25) is 37.3 Å². The van der Waals surface area contributed by atoms with E-state index >= 15 is 0 Å². The summed E-state index contributed by atoms with van der Waals surface area (Å²) in [6.07, 6.45) is 45.8. The van der Waals surface area contributed by atoms with E-state index < -0.39 is 97.5 Å². The number of unbranched alkanes of at least 4 members (excludes halogenated alkanes) is 36. The maximum Gasteiger partial charge on any atom is 0.472 e. The predicted molar refractivity (Wildman–Crippen MR) is 372 cm³/mol. The molecule has 17 nitrogen and oxygen atoms in total. The number of ether oxygens (including phenoxy) is 4. The Balaban J connectivity index is 5.27. The largest absolute Gasteiger partial charge is 0.472 e. The average molecular weight is 1350 g/mol. The highest BCUT2D eigenvalue weighted by Gasteiger charge is 2.30. The fourth-order valence-electron chi connectivity index (χ4n) is 11.0. The number of carbonyl (C=O) groups is 4. The van der Waals surface area contributed by atoms with Gasteiger partial charge in [0.2, 0.25) is 0 Å². The van der Waals surface area contributed by atoms with Crippen LogP contribution in [0.4, 0.5) is 0 Å². The highest BCUT2D eigenvalue weighted by atomic mass is 31.2. The van der Waals surface area contributed by atoms with Gasteiger partial charge in [-0.2, -0.15) is 0 Å². The summed E-state index contributed by atoms with van der Waals surface area (Å²) in [5.74, 6) is 0.891. The molecule has 92 heavy (non-hydrogen) atoms. The van der Waals surface area contributed by atoms with E-state index in [1.54, 1.807) is 0 Å². The van der Waals surface area contributed by atoms with Crippen LogP contribution in [0.25, 0.3) is 0 Å². The lowest BCUT2D eigenvalue weighted by atomic mass is 10.0. The first-order valence-electron chi connectivity index (χ1n) is 37.7. The van der Waals surface area contributed by atoms with Gasteiger partial charge in [-0.15, -0.1) is 0 Å². The van der Waals surface area contributed by atoms with Crippen LogP contribution in [0.1, 0.15) is 364 Å². The van der Waals surface area contributed by atoms with Crippen LogP contribution in [-0.4, -0.2) is 96.7 Å². The molecular formula is C73H142O17P2. The van der Waals surface area contributed by atoms with Crippen LogP contribution in [0.5, 0.6) is 0 Å². The van der Waals surface area contributed by atoms with Crippen LogP contribution in [0.15, 0.2) is 0 Å². The summed E-state index contributed by atoms with van der Waals surface area (Å²) in [5, 5.41) is 10.6. The number of rotatable bonds is 70. The maximum absolute atomic E-state index is 13.0. The first kappa shape index (κ1) is 90.1. The highest BCUT2D eigenvalue weighted by molar-refractivity contribution is 7.47. The third kappa shape index (κ3) is 66.7. The summed E-state index contributed by atoms with van der Waals surface area (Å²) in [4.78, 5) is 72.7. The first-order chi connectivity index (χ1) is 44.1. The van der Waals surface area contributed by atoms with Crippen LogP contribution in [0.3, 0.4) is 0 Å². The topological polar surface area (TPSA) is 237 Å². The third-order valence-electron chi connectivity index (χ3n) is 16.8. The van der Waals surface area contributed by atoms with E-state index in [1.165, 1.54) is 167 Å². The van der Waals surface area contributed by atoms with Gasteiger partial charge in [0, 0.05) is 25.7 Å². The van der Waals surface area contributed by atoms with Crippen molar-refractivity contribution in [3.05, 3.63) is 0 Å². The Kier molecular flexibility index (Phi) is 61.3. The highest BCUT2D eigenvalue weighted by Crippen LogP contribution is 2.45. The molecule has 0 radical (unpaired) electrons. The van der Waals surface area contributed by atoms with Gasteiger partial charge in [-0.05, 0) is 49.4 Å². The predicted octanol–water partition coefficient (Wildman–Crippen LogP) is 20.9. The number of carbonyl (C=O) groups excluding carboxylic acids is 4. The SMILES string of the molecule is CC(C)CCCCCCCCCCCCCC(=O)O[C@H](COC(=O)CCCCCCCCCCCCC(C)C)COP(=O)(O)OCC(O)COP(=O)(O)OC[C@@H](COC(=O)CCCCCCCCCCC(C)C)OC(=O)CCCCCCCCCCCCCC(C)C. The lowest BCUT2D eigenvalue weighted by Crippen LogP contribution is -2.30. The van der Waals surface area contributed by atoms with Crippen molar-refractivity contribution in [2.24, 2.45) is 23.7 Å². The molecule has 0 amide bonds. The summed E-state index contributed by atoms with van der Waals surface area (Å²) < 4.78 is 68.4. The van der Waals surface area contributed by atoms with Gasteiger partial charge in [0.25, 0.3) is 0 Å². The Morgan fingerprint density at radius 3 is 0.674 bits per heavy atom. The van der Waals surface area contributed by atoms with Crippen molar-refractivity contribution in [2.75, 3.05) is 39.6 Å². The van der Waals surface area contributed by atoms with E-state index in [-0.39, 0.29) is 25.7 Å².